The first-order valence-electron chi connectivity index (χ1n) is 8.98. The van der Waals surface area contributed by atoms with Gasteiger partial charge in [0.1, 0.15) is 17.3 Å². The second-order valence-electron chi connectivity index (χ2n) is 6.26. The summed E-state index contributed by atoms with van der Waals surface area (Å²) in [4.78, 5) is 8.87. The molecule has 1 aromatic carbocycles. The number of furan rings is 1. The van der Waals surface area contributed by atoms with Crippen LogP contribution in [-0.4, -0.2) is 29.3 Å². The fraction of sp³-hybridized carbons (Fsp3) is 0.190. The Morgan fingerprint density at radius 2 is 1.93 bits per heavy atom. The van der Waals surface area contributed by atoms with Crippen molar-refractivity contribution in [2.24, 2.45) is 0 Å². The van der Waals surface area contributed by atoms with Crippen LogP contribution < -0.4 is 14.8 Å². The molecule has 148 valence electrons. The third-order valence-electron chi connectivity index (χ3n) is 4.32. The summed E-state index contributed by atoms with van der Waals surface area (Å²) in [5.41, 5.74) is 1.40. The van der Waals surface area contributed by atoms with Gasteiger partial charge in [-0.05, 0) is 43.3 Å². The second kappa shape index (κ2) is 8.05. The van der Waals surface area contributed by atoms with E-state index in [1.54, 1.807) is 20.4 Å². The highest BCUT2D eigenvalue weighted by Gasteiger charge is 2.17. The van der Waals surface area contributed by atoms with Crippen molar-refractivity contribution in [2.75, 3.05) is 19.5 Å². The fourth-order valence-electron chi connectivity index (χ4n) is 2.90. The van der Waals surface area contributed by atoms with Crippen molar-refractivity contribution >= 4 is 5.82 Å². The lowest BCUT2D eigenvalue weighted by Crippen LogP contribution is -2.00. The number of para-hydroxylation sites is 1. The van der Waals surface area contributed by atoms with Crippen LogP contribution in [0.1, 0.15) is 11.5 Å². The summed E-state index contributed by atoms with van der Waals surface area (Å²) in [6, 6.07) is 13.1. The van der Waals surface area contributed by atoms with Crippen LogP contribution in [0.25, 0.3) is 22.8 Å². The van der Waals surface area contributed by atoms with E-state index in [9.17, 15) is 0 Å². The summed E-state index contributed by atoms with van der Waals surface area (Å²) >= 11 is 0. The third kappa shape index (κ3) is 3.91. The average Bonchev–Trinajstić information content (AvgIpc) is 3.41. The largest absolute Gasteiger partial charge is 0.493 e. The van der Waals surface area contributed by atoms with Gasteiger partial charge in [-0.3, -0.25) is 0 Å². The number of aromatic nitrogens is 3. The minimum atomic E-state index is 0.366. The fourth-order valence-corrected chi connectivity index (χ4v) is 2.90. The Bertz CT molecular complexity index is 1100. The molecule has 0 fully saturated rings. The Labute approximate surface area is 167 Å². The predicted molar refractivity (Wildman–Crippen MR) is 107 cm³/mol. The summed E-state index contributed by atoms with van der Waals surface area (Å²) in [6.07, 6.45) is 1.68. The number of pyridine rings is 1. The van der Waals surface area contributed by atoms with E-state index < -0.39 is 0 Å². The van der Waals surface area contributed by atoms with Crippen LogP contribution in [0, 0.1) is 6.92 Å². The van der Waals surface area contributed by atoms with Gasteiger partial charge in [0, 0.05) is 6.20 Å². The van der Waals surface area contributed by atoms with Crippen LogP contribution in [0.4, 0.5) is 5.82 Å². The molecule has 0 amide bonds. The number of anilines is 1. The molecule has 3 aromatic heterocycles. The number of aryl methyl sites for hydroxylation is 1. The highest BCUT2D eigenvalue weighted by Crippen LogP contribution is 2.37. The molecule has 4 rings (SSSR count). The Balaban J connectivity index is 1.51. The number of hydrogen-bond acceptors (Lipinski definition) is 8. The first kappa shape index (κ1) is 18.5. The zero-order valence-electron chi connectivity index (χ0n) is 16.3. The molecule has 0 unspecified atom stereocenters. The lowest BCUT2D eigenvalue weighted by molar-refractivity contribution is 0.355. The van der Waals surface area contributed by atoms with Crippen LogP contribution in [0.15, 0.2) is 57.6 Å². The number of ether oxygens (including phenoxy) is 2. The van der Waals surface area contributed by atoms with Crippen LogP contribution in [0.3, 0.4) is 0 Å². The quantitative estimate of drug-likeness (QED) is 0.496. The normalized spacial score (nSPS) is 10.7. The van der Waals surface area contributed by atoms with E-state index in [1.165, 1.54) is 0 Å². The van der Waals surface area contributed by atoms with Gasteiger partial charge >= 0.3 is 0 Å². The SMILES string of the molecule is COc1cccc(-c2noc(-c3ccc(NCc4ccc(C)o4)nc3)n2)c1OC. The van der Waals surface area contributed by atoms with E-state index >= 15 is 0 Å². The van der Waals surface area contributed by atoms with Gasteiger partial charge in [0.15, 0.2) is 11.5 Å². The first-order valence-corrected chi connectivity index (χ1v) is 8.98. The Hall–Kier alpha value is -3.81. The summed E-state index contributed by atoms with van der Waals surface area (Å²) in [7, 11) is 3.15. The van der Waals surface area contributed by atoms with Gasteiger partial charge in [0.05, 0.1) is 31.9 Å². The molecule has 29 heavy (non-hydrogen) atoms. The van der Waals surface area contributed by atoms with Gasteiger partial charge in [-0.2, -0.15) is 4.98 Å². The van der Waals surface area contributed by atoms with Gasteiger partial charge in [-0.15, -0.1) is 0 Å². The Kier molecular flexibility index (Phi) is 5.15. The van der Waals surface area contributed by atoms with Crippen molar-refractivity contribution in [2.45, 2.75) is 13.5 Å². The van der Waals surface area contributed by atoms with Crippen molar-refractivity contribution in [3.05, 3.63) is 60.2 Å². The molecule has 0 bridgehead atoms. The number of methoxy groups -OCH3 is 2. The molecule has 3 heterocycles. The van der Waals surface area contributed by atoms with Gasteiger partial charge in [-0.1, -0.05) is 11.2 Å². The summed E-state index contributed by atoms with van der Waals surface area (Å²) in [5, 5.41) is 7.28. The molecule has 0 saturated carbocycles. The highest BCUT2D eigenvalue weighted by atomic mass is 16.5. The number of hydrogen-bond donors (Lipinski definition) is 1. The van der Waals surface area contributed by atoms with Gasteiger partial charge in [0.2, 0.25) is 5.82 Å². The zero-order chi connectivity index (χ0) is 20.2. The van der Waals surface area contributed by atoms with Crippen molar-refractivity contribution in [3.8, 4) is 34.3 Å². The lowest BCUT2D eigenvalue weighted by Gasteiger charge is -2.09. The maximum absolute atomic E-state index is 5.54. The predicted octanol–water partition coefficient (Wildman–Crippen LogP) is 4.33. The molecule has 4 aromatic rings. The lowest BCUT2D eigenvalue weighted by atomic mass is 10.1. The molecule has 0 saturated heterocycles. The standard InChI is InChI=1S/C21H20N4O4/c1-13-7-9-15(28-13)12-23-18-10-8-14(11-22-18)21-24-20(25-29-21)16-5-4-6-17(26-2)19(16)27-3/h4-11H,12H2,1-3H3,(H,22,23). The van der Waals surface area contributed by atoms with Gasteiger partial charge in [0.25, 0.3) is 5.89 Å². The van der Waals surface area contributed by atoms with E-state index in [0.717, 1.165) is 17.3 Å². The van der Waals surface area contributed by atoms with Crippen molar-refractivity contribution in [1.29, 1.82) is 0 Å². The molecule has 0 atom stereocenters. The van der Waals surface area contributed by atoms with E-state index in [-0.39, 0.29) is 0 Å². The van der Waals surface area contributed by atoms with Crippen molar-refractivity contribution in [3.63, 3.8) is 0 Å². The molecule has 0 aliphatic heterocycles. The summed E-state index contributed by atoms with van der Waals surface area (Å²) in [5.74, 6) is 4.37. The molecule has 0 aliphatic carbocycles. The van der Waals surface area contributed by atoms with Crippen LogP contribution in [-0.2, 0) is 6.54 Å². The number of benzene rings is 1. The van der Waals surface area contributed by atoms with Crippen LogP contribution in [0.2, 0.25) is 0 Å². The number of nitrogens with zero attached hydrogens (tertiary/aromatic N) is 3. The maximum atomic E-state index is 5.54. The Morgan fingerprint density at radius 1 is 1.03 bits per heavy atom. The van der Waals surface area contributed by atoms with Crippen molar-refractivity contribution < 1.29 is 18.4 Å². The third-order valence-corrected chi connectivity index (χ3v) is 4.32. The van der Waals surface area contributed by atoms with Gasteiger partial charge < -0.3 is 23.7 Å². The van der Waals surface area contributed by atoms with E-state index in [1.807, 2.05) is 49.4 Å². The molecule has 0 spiro atoms. The molecule has 0 aliphatic rings. The minimum absolute atomic E-state index is 0.366. The van der Waals surface area contributed by atoms with Gasteiger partial charge in [-0.25, -0.2) is 4.98 Å². The molecular weight excluding hydrogens is 372 g/mol. The molecular formula is C21H20N4O4. The zero-order valence-corrected chi connectivity index (χ0v) is 16.3. The minimum Gasteiger partial charge on any atom is -0.493 e. The molecule has 1 N–H and O–H groups in total. The number of rotatable bonds is 7. The first-order chi connectivity index (χ1) is 14.2. The second-order valence-corrected chi connectivity index (χ2v) is 6.26. The van der Waals surface area contributed by atoms with Crippen molar-refractivity contribution in [1.82, 2.24) is 15.1 Å². The average molecular weight is 392 g/mol. The molecule has 0 radical (unpaired) electrons. The molecule has 8 heteroatoms. The van der Waals surface area contributed by atoms with Crippen LogP contribution in [0.5, 0.6) is 11.5 Å². The summed E-state index contributed by atoms with van der Waals surface area (Å²) in [6.45, 7) is 2.47. The smallest absolute Gasteiger partial charge is 0.259 e. The van der Waals surface area contributed by atoms with E-state index in [4.69, 9.17) is 18.4 Å². The molecule has 8 nitrogen and oxygen atoms in total. The summed E-state index contributed by atoms with van der Waals surface area (Å²) < 4.78 is 21.7. The Morgan fingerprint density at radius 3 is 2.62 bits per heavy atom. The monoisotopic (exact) mass is 392 g/mol. The van der Waals surface area contributed by atoms with E-state index in [0.29, 0.717) is 40.9 Å². The topological polar surface area (TPSA) is 95.4 Å². The maximum Gasteiger partial charge on any atom is 0.259 e. The van der Waals surface area contributed by atoms with Crippen LogP contribution >= 0.6 is 0 Å². The number of nitrogens with one attached hydrogen (secondary N) is 1. The highest BCUT2D eigenvalue weighted by molar-refractivity contribution is 5.69. The van der Waals surface area contributed by atoms with E-state index in [2.05, 4.69) is 20.4 Å².